The van der Waals surface area contributed by atoms with E-state index in [2.05, 4.69) is 0 Å². The standard InChI is InChI=1S/C12H6Cl2FNO2/c13-9-5-4-7(6-10(9)14)8-2-1-3-11(12(8)15)16(17)18/h1-6H. The molecule has 0 atom stereocenters. The molecule has 2 aromatic carbocycles. The van der Waals surface area contributed by atoms with Crippen LogP contribution < -0.4 is 0 Å². The summed E-state index contributed by atoms with van der Waals surface area (Å²) in [6.45, 7) is 0. The third-order valence-corrected chi connectivity index (χ3v) is 3.14. The van der Waals surface area contributed by atoms with Crippen LogP contribution in [0.4, 0.5) is 10.1 Å². The van der Waals surface area contributed by atoms with Crippen LogP contribution in [0.5, 0.6) is 0 Å². The smallest absolute Gasteiger partial charge is 0.258 e. The number of hydrogen-bond acceptors (Lipinski definition) is 2. The quantitative estimate of drug-likeness (QED) is 0.592. The van der Waals surface area contributed by atoms with Gasteiger partial charge >= 0.3 is 5.69 Å². The Labute approximate surface area is 112 Å². The number of hydrogen-bond donors (Lipinski definition) is 0. The molecule has 3 nitrogen and oxygen atoms in total. The first kappa shape index (κ1) is 12.8. The first-order valence-corrected chi connectivity index (χ1v) is 5.64. The van der Waals surface area contributed by atoms with Crippen molar-refractivity contribution in [2.24, 2.45) is 0 Å². The second-order valence-electron chi connectivity index (χ2n) is 3.52. The van der Waals surface area contributed by atoms with Gasteiger partial charge in [0.15, 0.2) is 0 Å². The van der Waals surface area contributed by atoms with Gasteiger partial charge in [0.05, 0.1) is 15.0 Å². The zero-order valence-corrected chi connectivity index (χ0v) is 10.4. The number of rotatable bonds is 2. The van der Waals surface area contributed by atoms with Gasteiger partial charge in [0.1, 0.15) is 0 Å². The molecule has 0 aliphatic heterocycles. The summed E-state index contributed by atoms with van der Waals surface area (Å²) in [5.74, 6) is -0.888. The Kier molecular flexibility index (Phi) is 3.50. The minimum Gasteiger partial charge on any atom is -0.258 e. The van der Waals surface area contributed by atoms with E-state index in [1.807, 2.05) is 0 Å². The lowest BCUT2D eigenvalue weighted by molar-refractivity contribution is -0.387. The van der Waals surface area contributed by atoms with Gasteiger partial charge in [-0.1, -0.05) is 41.4 Å². The third kappa shape index (κ3) is 2.30. The molecule has 0 bridgehead atoms. The predicted molar refractivity (Wildman–Crippen MR) is 68.5 cm³/mol. The van der Waals surface area contributed by atoms with Gasteiger partial charge in [-0.25, -0.2) is 0 Å². The van der Waals surface area contributed by atoms with Crippen molar-refractivity contribution in [3.8, 4) is 11.1 Å². The first-order chi connectivity index (χ1) is 8.50. The Hall–Kier alpha value is -1.65. The topological polar surface area (TPSA) is 43.1 Å². The van der Waals surface area contributed by atoms with Crippen LogP contribution in [-0.2, 0) is 0 Å². The monoisotopic (exact) mass is 285 g/mol. The van der Waals surface area contributed by atoms with E-state index in [0.717, 1.165) is 6.07 Å². The summed E-state index contributed by atoms with van der Waals surface area (Å²) >= 11 is 11.6. The average Bonchev–Trinajstić information content (AvgIpc) is 2.33. The fourth-order valence-corrected chi connectivity index (χ4v) is 1.85. The molecular formula is C12H6Cl2FNO2. The van der Waals surface area contributed by atoms with Gasteiger partial charge in [0.25, 0.3) is 0 Å². The molecule has 0 N–H and O–H groups in total. The highest BCUT2D eigenvalue weighted by Crippen LogP contribution is 2.32. The van der Waals surface area contributed by atoms with Gasteiger partial charge in [-0.3, -0.25) is 10.1 Å². The summed E-state index contributed by atoms with van der Waals surface area (Å²) in [5, 5.41) is 11.2. The van der Waals surface area contributed by atoms with Gasteiger partial charge in [-0.2, -0.15) is 4.39 Å². The molecule has 2 rings (SSSR count). The van der Waals surface area contributed by atoms with Crippen LogP contribution in [0.2, 0.25) is 10.0 Å². The normalized spacial score (nSPS) is 10.4. The molecule has 0 spiro atoms. The molecule has 18 heavy (non-hydrogen) atoms. The molecule has 0 fully saturated rings. The number of benzene rings is 2. The van der Waals surface area contributed by atoms with Crippen molar-refractivity contribution in [2.75, 3.05) is 0 Å². The second kappa shape index (κ2) is 4.92. The molecule has 0 heterocycles. The van der Waals surface area contributed by atoms with Gasteiger partial charge in [0, 0.05) is 11.6 Å². The lowest BCUT2D eigenvalue weighted by atomic mass is 10.0. The Balaban J connectivity index is 2.60. The first-order valence-electron chi connectivity index (χ1n) is 4.89. The van der Waals surface area contributed by atoms with Crippen molar-refractivity contribution in [1.82, 2.24) is 0 Å². The van der Waals surface area contributed by atoms with E-state index in [1.54, 1.807) is 6.07 Å². The van der Waals surface area contributed by atoms with Crippen LogP contribution in [0.1, 0.15) is 0 Å². The molecule has 0 aromatic heterocycles. The minimum absolute atomic E-state index is 0.114. The van der Waals surface area contributed by atoms with Crippen LogP contribution >= 0.6 is 23.2 Å². The Morgan fingerprint density at radius 3 is 2.44 bits per heavy atom. The molecule has 0 saturated heterocycles. The summed E-state index contributed by atoms with van der Waals surface area (Å²) in [6, 6.07) is 8.50. The predicted octanol–water partition coefficient (Wildman–Crippen LogP) is 4.71. The SMILES string of the molecule is O=[N+]([O-])c1cccc(-c2ccc(Cl)c(Cl)c2)c1F. The van der Waals surface area contributed by atoms with Crippen LogP contribution in [-0.4, -0.2) is 4.92 Å². The molecule has 0 unspecified atom stereocenters. The van der Waals surface area contributed by atoms with E-state index in [0.29, 0.717) is 10.6 Å². The lowest BCUT2D eigenvalue weighted by Crippen LogP contribution is -1.94. The van der Waals surface area contributed by atoms with E-state index in [4.69, 9.17) is 23.2 Å². The highest BCUT2D eigenvalue weighted by Gasteiger charge is 2.18. The molecule has 0 amide bonds. The van der Waals surface area contributed by atoms with Gasteiger partial charge in [-0.15, -0.1) is 0 Å². The highest BCUT2D eigenvalue weighted by molar-refractivity contribution is 6.42. The van der Waals surface area contributed by atoms with Crippen LogP contribution in [0.25, 0.3) is 11.1 Å². The zero-order chi connectivity index (χ0) is 13.3. The van der Waals surface area contributed by atoms with Crippen molar-refractivity contribution >= 4 is 28.9 Å². The lowest BCUT2D eigenvalue weighted by Gasteiger charge is -2.05. The zero-order valence-electron chi connectivity index (χ0n) is 8.86. The molecule has 6 heteroatoms. The van der Waals surface area contributed by atoms with Gasteiger partial charge in [-0.05, 0) is 17.7 Å². The second-order valence-corrected chi connectivity index (χ2v) is 4.34. The molecule has 0 saturated carbocycles. The summed E-state index contributed by atoms with van der Waals surface area (Å²) in [5.41, 5.74) is -0.0214. The fourth-order valence-electron chi connectivity index (χ4n) is 1.55. The van der Waals surface area contributed by atoms with Crippen molar-refractivity contribution in [3.05, 3.63) is 62.4 Å². The van der Waals surface area contributed by atoms with Crippen molar-refractivity contribution in [2.45, 2.75) is 0 Å². The van der Waals surface area contributed by atoms with Crippen molar-refractivity contribution in [3.63, 3.8) is 0 Å². The van der Waals surface area contributed by atoms with E-state index < -0.39 is 16.4 Å². The van der Waals surface area contributed by atoms with Crippen LogP contribution in [0, 0.1) is 15.9 Å². The molecule has 0 aliphatic rings. The van der Waals surface area contributed by atoms with Gasteiger partial charge in [0.2, 0.25) is 5.82 Å². The summed E-state index contributed by atoms with van der Waals surface area (Å²) in [4.78, 5) is 9.88. The van der Waals surface area contributed by atoms with Gasteiger partial charge < -0.3 is 0 Å². The maximum Gasteiger partial charge on any atom is 0.305 e. The van der Waals surface area contributed by atoms with Crippen molar-refractivity contribution in [1.29, 1.82) is 0 Å². The third-order valence-electron chi connectivity index (χ3n) is 2.41. The van der Waals surface area contributed by atoms with Crippen LogP contribution in [0.15, 0.2) is 36.4 Å². The van der Waals surface area contributed by atoms with Crippen LogP contribution in [0.3, 0.4) is 0 Å². The summed E-state index contributed by atoms with van der Waals surface area (Å²) < 4.78 is 13.9. The van der Waals surface area contributed by atoms with E-state index >= 15 is 0 Å². The average molecular weight is 286 g/mol. The number of halogens is 3. The van der Waals surface area contributed by atoms with E-state index in [9.17, 15) is 14.5 Å². The maximum atomic E-state index is 13.9. The fraction of sp³-hybridized carbons (Fsp3) is 0. The number of nitrogens with zero attached hydrogens (tertiary/aromatic N) is 1. The minimum atomic E-state index is -0.888. The van der Waals surface area contributed by atoms with Crippen molar-refractivity contribution < 1.29 is 9.31 Å². The Bertz CT molecular complexity index is 631. The molecule has 0 radical (unpaired) electrons. The summed E-state index contributed by atoms with van der Waals surface area (Å²) in [6.07, 6.45) is 0. The number of nitro groups is 1. The molecule has 0 aliphatic carbocycles. The Morgan fingerprint density at radius 2 is 1.83 bits per heavy atom. The van der Waals surface area contributed by atoms with E-state index in [1.165, 1.54) is 24.3 Å². The highest BCUT2D eigenvalue weighted by atomic mass is 35.5. The summed E-state index contributed by atoms with van der Waals surface area (Å²) in [7, 11) is 0. The molecular weight excluding hydrogens is 280 g/mol. The molecule has 92 valence electrons. The number of nitro benzene ring substituents is 1. The molecule has 2 aromatic rings. The largest absolute Gasteiger partial charge is 0.305 e. The Morgan fingerprint density at radius 1 is 1.11 bits per heavy atom. The maximum absolute atomic E-state index is 13.9. The van der Waals surface area contributed by atoms with E-state index in [-0.39, 0.29) is 10.6 Å².